The molecule has 0 saturated heterocycles. The standard InChI is InChI=1S/C15H15ClN2O2/c1-15(10-19,11-5-3-2-4-6-11)18-14(20)12-9-17-8-7-13(12)16/h2-9,19H,10H2,1H3,(H,18,20). The zero-order chi connectivity index (χ0) is 14.6. The molecule has 1 atom stereocenters. The number of amides is 1. The second-order valence-electron chi connectivity index (χ2n) is 4.67. The van der Waals surface area contributed by atoms with Crippen molar-refractivity contribution in [3.63, 3.8) is 0 Å². The first-order valence-electron chi connectivity index (χ1n) is 6.15. The smallest absolute Gasteiger partial charge is 0.255 e. The predicted molar refractivity (Wildman–Crippen MR) is 77.6 cm³/mol. The highest BCUT2D eigenvalue weighted by Crippen LogP contribution is 2.22. The minimum atomic E-state index is -0.877. The van der Waals surface area contributed by atoms with Gasteiger partial charge in [-0.3, -0.25) is 9.78 Å². The van der Waals surface area contributed by atoms with Crippen molar-refractivity contribution in [1.29, 1.82) is 0 Å². The van der Waals surface area contributed by atoms with Crippen LogP contribution in [0.2, 0.25) is 5.02 Å². The van der Waals surface area contributed by atoms with E-state index in [9.17, 15) is 9.90 Å². The molecule has 104 valence electrons. The van der Waals surface area contributed by atoms with Gasteiger partial charge in [-0.2, -0.15) is 0 Å². The highest BCUT2D eigenvalue weighted by Gasteiger charge is 2.28. The monoisotopic (exact) mass is 290 g/mol. The van der Waals surface area contributed by atoms with Gasteiger partial charge in [0.15, 0.2) is 0 Å². The molecule has 1 heterocycles. The Bertz CT molecular complexity index is 604. The molecule has 4 nitrogen and oxygen atoms in total. The molecule has 0 spiro atoms. The third-order valence-corrected chi connectivity index (χ3v) is 3.46. The molecule has 1 aromatic carbocycles. The molecule has 1 aromatic heterocycles. The van der Waals surface area contributed by atoms with Gasteiger partial charge in [-0.05, 0) is 18.6 Å². The minimum absolute atomic E-state index is 0.222. The summed E-state index contributed by atoms with van der Waals surface area (Å²) in [4.78, 5) is 16.2. The first-order chi connectivity index (χ1) is 9.57. The van der Waals surface area contributed by atoms with Crippen LogP contribution in [-0.4, -0.2) is 22.6 Å². The fourth-order valence-electron chi connectivity index (χ4n) is 1.87. The van der Waals surface area contributed by atoms with E-state index in [-0.39, 0.29) is 18.1 Å². The molecule has 1 amide bonds. The first-order valence-corrected chi connectivity index (χ1v) is 6.53. The molecule has 20 heavy (non-hydrogen) atoms. The molecule has 5 heteroatoms. The zero-order valence-electron chi connectivity index (χ0n) is 11.0. The van der Waals surface area contributed by atoms with Gasteiger partial charge in [0.2, 0.25) is 0 Å². The highest BCUT2D eigenvalue weighted by molar-refractivity contribution is 6.33. The van der Waals surface area contributed by atoms with E-state index in [4.69, 9.17) is 11.6 Å². The summed E-state index contributed by atoms with van der Waals surface area (Å²) in [5, 5.41) is 12.8. The first kappa shape index (κ1) is 14.5. The largest absolute Gasteiger partial charge is 0.394 e. The summed E-state index contributed by atoms with van der Waals surface area (Å²) in [7, 11) is 0. The fraction of sp³-hybridized carbons (Fsp3) is 0.200. The summed E-state index contributed by atoms with van der Waals surface area (Å²) in [5.74, 6) is -0.372. The van der Waals surface area contributed by atoms with Crippen molar-refractivity contribution in [2.45, 2.75) is 12.5 Å². The van der Waals surface area contributed by atoms with Gasteiger partial charge in [-0.25, -0.2) is 0 Å². The molecule has 2 aromatic rings. The molecular weight excluding hydrogens is 276 g/mol. The van der Waals surface area contributed by atoms with E-state index in [1.165, 1.54) is 12.4 Å². The zero-order valence-corrected chi connectivity index (χ0v) is 11.8. The van der Waals surface area contributed by atoms with E-state index >= 15 is 0 Å². The van der Waals surface area contributed by atoms with Crippen molar-refractivity contribution in [3.8, 4) is 0 Å². The van der Waals surface area contributed by atoms with Crippen molar-refractivity contribution in [3.05, 3.63) is 64.9 Å². The lowest BCUT2D eigenvalue weighted by Gasteiger charge is -2.29. The maximum Gasteiger partial charge on any atom is 0.255 e. The number of aliphatic hydroxyl groups is 1. The Morgan fingerprint density at radius 2 is 2.05 bits per heavy atom. The van der Waals surface area contributed by atoms with Crippen molar-refractivity contribution >= 4 is 17.5 Å². The van der Waals surface area contributed by atoms with Crippen LogP contribution in [0.25, 0.3) is 0 Å². The van der Waals surface area contributed by atoms with Gasteiger partial charge >= 0.3 is 0 Å². The summed E-state index contributed by atoms with van der Waals surface area (Å²) in [5.41, 5.74) is 0.220. The molecule has 0 aliphatic rings. The number of aliphatic hydroxyl groups excluding tert-OH is 1. The lowest BCUT2D eigenvalue weighted by molar-refractivity contribution is 0.0849. The Hall–Kier alpha value is -1.91. The van der Waals surface area contributed by atoms with Gasteiger partial charge in [0, 0.05) is 12.4 Å². The summed E-state index contributed by atoms with van der Waals surface area (Å²) in [6, 6.07) is 10.8. The van der Waals surface area contributed by atoms with E-state index < -0.39 is 5.54 Å². The molecule has 0 saturated carbocycles. The number of halogens is 1. The van der Waals surface area contributed by atoms with Gasteiger partial charge < -0.3 is 10.4 Å². The number of carbonyl (C=O) groups is 1. The van der Waals surface area contributed by atoms with E-state index in [1.54, 1.807) is 13.0 Å². The Kier molecular flexibility index (Phi) is 4.37. The molecule has 0 aliphatic carbocycles. The Morgan fingerprint density at radius 1 is 1.35 bits per heavy atom. The normalized spacial score (nSPS) is 13.6. The molecular formula is C15H15ClN2O2. The number of hydrogen-bond acceptors (Lipinski definition) is 3. The maximum atomic E-state index is 12.3. The average Bonchev–Trinajstić information content (AvgIpc) is 2.48. The van der Waals surface area contributed by atoms with E-state index in [1.807, 2.05) is 30.3 Å². The van der Waals surface area contributed by atoms with Gasteiger partial charge in [-0.15, -0.1) is 0 Å². The second-order valence-corrected chi connectivity index (χ2v) is 5.07. The average molecular weight is 291 g/mol. The third-order valence-electron chi connectivity index (χ3n) is 3.13. The van der Waals surface area contributed by atoms with E-state index in [0.717, 1.165) is 5.56 Å². The Balaban J connectivity index is 2.27. The molecule has 2 rings (SSSR count). The molecule has 0 aliphatic heterocycles. The van der Waals surface area contributed by atoms with Crippen molar-refractivity contribution in [2.75, 3.05) is 6.61 Å². The molecule has 2 N–H and O–H groups in total. The van der Waals surface area contributed by atoms with Gasteiger partial charge in [0.05, 0.1) is 22.7 Å². The van der Waals surface area contributed by atoms with Crippen LogP contribution in [0.1, 0.15) is 22.8 Å². The lowest BCUT2D eigenvalue weighted by atomic mass is 9.92. The van der Waals surface area contributed by atoms with Gasteiger partial charge in [0.1, 0.15) is 0 Å². The Labute approximate surface area is 122 Å². The van der Waals surface area contributed by atoms with Crippen LogP contribution in [0.5, 0.6) is 0 Å². The maximum absolute atomic E-state index is 12.3. The van der Waals surface area contributed by atoms with Crippen LogP contribution < -0.4 is 5.32 Å². The van der Waals surface area contributed by atoms with Crippen LogP contribution in [0, 0.1) is 0 Å². The van der Waals surface area contributed by atoms with E-state index in [0.29, 0.717) is 5.02 Å². The number of rotatable bonds is 4. The van der Waals surface area contributed by atoms with Crippen molar-refractivity contribution in [1.82, 2.24) is 10.3 Å². The van der Waals surface area contributed by atoms with Gasteiger partial charge in [0.25, 0.3) is 5.91 Å². The topological polar surface area (TPSA) is 62.2 Å². The lowest BCUT2D eigenvalue weighted by Crippen LogP contribution is -2.46. The third kappa shape index (κ3) is 2.98. The number of carbonyl (C=O) groups excluding carboxylic acids is 1. The number of aromatic nitrogens is 1. The quantitative estimate of drug-likeness (QED) is 0.909. The molecule has 0 radical (unpaired) electrons. The summed E-state index contributed by atoms with van der Waals surface area (Å²) in [6.45, 7) is 1.53. The summed E-state index contributed by atoms with van der Waals surface area (Å²) >= 11 is 5.97. The molecule has 0 bridgehead atoms. The van der Waals surface area contributed by atoms with Crippen LogP contribution in [-0.2, 0) is 5.54 Å². The predicted octanol–water partition coefficient (Wildman–Crippen LogP) is 2.37. The molecule has 1 unspecified atom stereocenters. The van der Waals surface area contributed by atoms with Crippen LogP contribution in [0.15, 0.2) is 48.8 Å². The SMILES string of the molecule is CC(CO)(NC(=O)c1cnccc1Cl)c1ccccc1. The number of nitrogens with zero attached hydrogens (tertiary/aromatic N) is 1. The van der Waals surface area contributed by atoms with Gasteiger partial charge in [-0.1, -0.05) is 41.9 Å². The second kappa shape index (κ2) is 6.03. The fourth-order valence-corrected chi connectivity index (χ4v) is 2.06. The molecule has 0 fully saturated rings. The Morgan fingerprint density at radius 3 is 2.65 bits per heavy atom. The highest BCUT2D eigenvalue weighted by atomic mass is 35.5. The summed E-state index contributed by atoms with van der Waals surface area (Å²) < 4.78 is 0. The van der Waals surface area contributed by atoms with Crippen LogP contribution in [0.4, 0.5) is 0 Å². The number of nitrogens with one attached hydrogen (secondary N) is 1. The van der Waals surface area contributed by atoms with Crippen molar-refractivity contribution in [2.24, 2.45) is 0 Å². The number of hydrogen-bond donors (Lipinski definition) is 2. The summed E-state index contributed by atoms with van der Waals surface area (Å²) in [6.07, 6.45) is 2.92. The minimum Gasteiger partial charge on any atom is -0.394 e. The van der Waals surface area contributed by atoms with Crippen LogP contribution >= 0.6 is 11.6 Å². The van der Waals surface area contributed by atoms with E-state index in [2.05, 4.69) is 10.3 Å². The number of benzene rings is 1. The van der Waals surface area contributed by atoms with Crippen molar-refractivity contribution < 1.29 is 9.90 Å². The van der Waals surface area contributed by atoms with Crippen LogP contribution in [0.3, 0.4) is 0 Å². The number of pyridine rings is 1.